The van der Waals surface area contributed by atoms with Crippen LogP contribution in [-0.2, 0) is 19.4 Å². The number of carbonyl (C=O) groups is 2. The maximum absolute atomic E-state index is 11.8. The molecule has 0 aliphatic rings. The maximum Gasteiger partial charge on any atom is 0.342 e. The Morgan fingerprint density at radius 3 is 1.12 bits per heavy atom. The standard InChI is InChI=1S/2C26H52O3/c1-4-7-9-10-11-12-13-14-15-16-17-18-19-20-22-24-26(27)29-28-25(6-3)23-21-8-5-2;1-4-7-9-11-12-13-14-15-16-17-18-19-20-22-24(6-3)26(29,25(27)28)23-21-10-8-5-2/h25H,4-24H2,1-3H3;24,29H,4-23H2,1-3H3,(H,27,28). The molecule has 0 bridgehead atoms. The zero-order valence-corrected chi connectivity index (χ0v) is 40.2. The highest BCUT2D eigenvalue weighted by atomic mass is 17.2. The fourth-order valence-electron chi connectivity index (χ4n) is 8.24. The molecular weight excluding hydrogens is 721 g/mol. The van der Waals surface area contributed by atoms with Crippen molar-refractivity contribution in [1.29, 1.82) is 0 Å². The topological polar surface area (TPSA) is 93.1 Å². The summed E-state index contributed by atoms with van der Waals surface area (Å²) >= 11 is 0. The molecule has 0 rings (SSSR count). The second kappa shape index (κ2) is 46.9. The smallest absolute Gasteiger partial charge is 0.342 e. The van der Waals surface area contributed by atoms with Gasteiger partial charge in [0.25, 0.3) is 0 Å². The van der Waals surface area contributed by atoms with Gasteiger partial charge >= 0.3 is 11.9 Å². The molecule has 0 amide bonds. The highest BCUT2D eigenvalue weighted by molar-refractivity contribution is 5.77. The van der Waals surface area contributed by atoms with Crippen molar-refractivity contribution < 1.29 is 29.6 Å². The van der Waals surface area contributed by atoms with Gasteiger partial charge in [0.05, 0.1) is 0 Å². The monoisotopic (exact) mass is 825 g/mol. The van der Waals surface area contributed by atoms with Crippen LogP contribution in [0.25, 0.3) is 0 Å². The summed E-state index contributed by atoms with van der Waals surface area (Å²) < 4.78 is 0. The third kappa shape index (κ3) is 39.0. The van der Waals surface area contributed by atoms with Crippen molar-refractivity contribution in [2.45, 2.75) is 317 Å². The van der Waals surface area contributed by atoms with Gasteiger partial charge in [-0.2, -0.15) is 4.89 Å². The fraction of sp³-hybridized carbons (Fsp3) is 0.962. The number of carboxylic acid groups (broad SMARTS) is 1. The van der Waals surface area contributed by atoms with Crippen LogP contribution in [0.5, 0.6) is 0 Å². The van der Waals surface area contributed by atoms with Crippen molar-refractivity contribution in [1.82, 2.24) is 0 Å². The van der Waals surface area contributed by atoms with E-state index in [1.54, 1.807) is 0 Å². The van der Waals surface area contributed by atoms with Gasteiger partial charge < -0.3 is 10.2 Å². The summed E-state index contributed by atoms with van der Waals surface area (Å²) in [4.78, 5) is 33.9. The lowest BCUT2D eigenvalue weighted by atomic mass is 9.78. The summed E-state index contributed by atoms with van der Waals surface area (Å²) in [5.41, 5.74) is -1.53. The summed E-state index contributed by atoms with van der Waals surface area (Å²) in [5, 5.41) is 20.5. The number of unbranched alkanes of at least 4 members (excludes halogenated alkanes) is 31. The summed E-state index contributed by atoms with van der Waals surface area (Å²) in [7, 11) is 0. The van der Waals surface area contributed by atoms with Gasteiger partial charge in [0.1, 0.15) is 6.10 Å². The lowest BCUT2D eigenvalue weighted by Gasteiger charge is -2.32. The van der Waals surface area contributed by atoms with Crippen LogP contribution < -0.4 is 0 Å². The lowest BCUT2D eigenvalue weighted by Crippen LogP contribution is -2.45. The zero-order valence-electron chi connectivity index (χ0n) is 40.2. The van der Waals surface area contributed by atoms with E-state index in [1.165, 1.54) is 173 Å². The number of aliphatic hydroxyl groups is 1. The van der Waals surface area contributed by atoms with Crippen molar-refractivity contribution in [2.24, 2.45) is 5.92 Å². The lowest BCUT2D eigenvalue weighted by molar-refractivity contribution is -0.299. The highest BCUT2D eigenvalue weighted by Crippen LogP contribution is 2.32. The molecule has 3 atom stereocenters. The average Bonchev–Trinajstić information content (AvgIpc) is 3.22. The van der Waals surface area contributed by atoms with Crippen LogP contribution in [0.3, 0.4) is 0 Å². The first-order chi connectivity index (χ1) is 28.3. The predicted octanol–water partition coefficient (Wildman–Crippen LogP) is 17.4. The first-order valence-electron chi connectivity index (χ1n) is 26.1. The van der Waals surface area contributed by atoms with Crippen molar-refractivity contribution >= 4 is 11.9 Å². The Balaban J connectivity index is 0. The largest absolute Gasteiger partial charge is 0.479 e. The molecule has 6 heteroatoms. The third-order valence-electron chi connectivity index (χ3n) is 12.5. The molecule has 0 saturated heterocycles. The van der Waals surface area contributed by atoms with E-state index < -0.39 is 11.6 Å². The summed E-state index contributed by atoms with van der Waals surface area (Å²) in [6.45, 7) is 13.0. The molecule has 3 unspecified atom stereocenters. The van der Waals surface area contributed by atoms with Crippen LogP contribution in [0.15, 0.2) is 0 Å². The Morgan fingerprint density at radius 1 is 0.431 bits per heavy atom. The Hall–Kier alpha value is -1.14. The molecule has 0 aromatic heterocycles. The van der Waals surface area contributed by atoms with Gasteiger partial charge in [-0.05, 0) is 50.9 Å². The minimum absolute atomic E-state index is 0.0616. The molecule has 0 aliphatic heterocycles. The number of hydrogen-bond acceptors (Lipinski definition) is 5. The van der Waals surface area contributed by atoms with E-state index in [2.05, 4.69) is 34.6 Å². The molecular formula is C52H104O6. The number of carboxylic acids is 1. The minimum atomic E-state index is -1.53. The molecule has 0 radical (unpaired) electrons. The molecule has 0 aromatic rings. The molecule has 58 heavy (non-hydrogen) atoms. The first kappa shape index (κ1) is 59.0. The Kier molecular flexibility index (Phi) is 47.7. The van der Waals surface area contributed by atoms with E-state index >= 15 is 0 Å². The normalized spacial score (nSPS) is 13.4. The number of hydrogen-bond donors (Lipinski definition) is 2. The van der Waals surface area contributed by atoms with Crippen LogP contribution in [0.1, 0.15) is 305 Å². The number of aliphatic carboxylic acids is 1. The van der Waals surface area contributed by atoms with Crippen LogP contribution in [0.4, 0.5) is 0 Å². The van der Waals surface area contributed by atoms with Crippen LogP contribution in [0, 0.1) is 5.92 Å². The molecule has 0 fully saturated rings. The third-order valence-corrected chi connectivity index (χ3v) is 12.5. The molecule has 0 aliphatic carbocycles. The van der Waals surface area contributed by atoms with Gasteiger partial charge in [-0.15, -0.1) is 0 Å². The van der Waals surface area contributed by atoms with Gasteiger partial charge in [-0.25, -0.2) is 9.59 Å². The number of carbonyl (C=O) groups excluding carboxylic acids is 1. The fourth-order valence-corrected chi connectivity index (χ4v) is 8.24. The van der Waals surface area contributed by atoms with Crippen molar-refractivity contribution in [3.8, 4) is 0 Å². The molecule has 0 aromatic carbocycles. The van der Waals surface area contributed by atoms with Crippen LogP contribution >= 0.6 is 0 Å². The van der Waals surface area contributed by atoms with E-state index in [9.17, 15) is 19.8 Å². The van der Waals surface area contributed by atoms with E-state index in [4.69, 9.17) is 9.78 Å². The molecule has 2 N–H and O–H groups in total. The molecule has 348 valence electrons. The SMILES string of the molecule is CCCCCCCCCCCCCCCC(CC)C(O)(CCCCCC)C(=O)O.CCCCCCCCCCCCCCCCCC(=O)OOC(CC)CCCCC. The Morgan fingerprint density at radius 2 is 0.759 bits per heavy atom. The Labute approximate surface area is 362 Å². The second-order valence-corrected chi connectivity index (χ2v) is 18.0. The van der Waals surface area contributed by atoms with Crippen LogP contribution in [-0.4, -0.2) is 33.9 Å². The molecule has 0 saturated carbocycles. The summed E-state index contributed by atoms with van der Waals surface area (Å²) in [5.74, 6) is -1.33. The maximum atomic E-state index is 11.8. The summed E-state index contributed by atoms with van der Waals surface area (Å²) in [6, 6.07) is 0. The molecule has 0 heterocycles. The van der Waals surface area contributed by atoms with Crippen molar-refractivity contribution in [3.05, 3.63) is 0 Å². The van der Waals surface area contributed by atoms with E-state index in [-0.39, 0.29) is 18.0 Å². The molecule has 0 spiro atoms. The zero-order chi connectivity index (χ0) is 43.2. The van der Waals surface area contributed by atoms with E-state index in [0.717, 1.165) is 77.0 Å². The van der Waals surface area contributed by atoms with Crippen molar-refractivity contribution in [3.63, 3.8) is 0 Å². The highest BCUT2D eigenvalue weighted by Gasteiger charge is 2.42. The van der Waals surface area contributed by atoms with Crippen LogP contribution in [0.2, 0.25) is 0 Å². The van der Waals surface area contributed by atoms with E-state index in [0.29, 0.717) is 12.8 Å². The quantitative estimate of drug-likeness (QED) is 0.0361. The van der Waals surface area contributed by atoms with Gasteiger partial charge in [-0.1, -0.05) is 253 Å². The van der Waals surface area contributed by atoms with Gasteiger partial charge in [0.15, 0.2) is 5.60 Å². The average molecular weight is 825 g/mol. The summed E-state index contributed by atoms with van der Waals surface area (Å²) in [6.07, 6.45) is 49.3. The molecule has 6 nitrogen and oxygen atoms in total. The second-order valence-electron chi connectivity index (χ2n) is 18.0. The van der Waals surface area contributed by atoms with Gasteiger partial charge in [0, 0.05) is 6.42 Å². The predicted molar refractivity (Wildman–Crippen MR) is 250 cm³/mol. The van der Waals surface area contributed by atoms with Gasteiger partial charge in [0.2, 0.25) is 0 Å². The Bertz CT molecular complexity index is 833. The van der Waals surface area contributed by atoms with E-state index in [1.807, 2.05) is 6.92 Å². The van der Waals surface area contributed by atoms with Gasteiger partial charge in [-0.3, -0.25) is 4.89 Å². The number of rotatable bonds is 45. The first-order valence-corrected chi connectivity index (χ1v) is 26.1. The minimum Gasteiger partial charge on any atom is -0.479 e. The van der Waals surface area contributed by atoms with Crippen molar-refractivity contribution in [2.75, 3.05) is 0 Å².